The van der Waals surface area contributed by atoms with Gasteiger partial charge >= 0.3 is 0 Å². The number of nitrogens with zero attached hydrogens (tertiary/aromatic N) is 2. The molecule has 1 aromatic rings. The molecule has 0 saturated carbocycles. The number of hydrogen-bond acceptors (Lipinski definition) is 3. The van der Waals surface area contributed by atoms with Crippen molar-refractivity contribution in [3.8, 4) is 0 Å². The van der Waals surface area contributed by atoms with Gasteiger partial charge in [0.1, 0.15) is 5.69 Å². The highest BCUT2D eigenvalue weighted by molar-refractivity contribution is 7.07. The first-order valence-electron chi connectivity index (χ1n) is 5.58. The molecule has 1 fully saturated rings. The molecule has 2 rings (SSSR count). The Kier molecular flexibility index (Phi) is 4.18. The topological polar surface area (TPSA) is 33.2 Å². The predicted molar refractivity (Wildman–Crippen MR) is 66.1 cm³/mol. The predicted octanol–water partition coefficient (Wildman–Crippen LogP) is 2.77. The van der Waals surface area contributed by atoms with E-state index in [0.29, 0.717) is 17.6 Å². The summed E-state index contributed by atoms with van der Waals surface area (Å²) in [5, 5.41) is 1.82. The van der Waals surface area contributed by atoms with E-state index in [1.807, 2.05) is 10.3 Å². The Morgan fingerprint density at radius 1 is 1.69 bits per heavy atom. The molecule has 88 valence electrons. The van der Waals surface area contributed by atoms with Gasteiger partial charge in [-0.05, 0) is 25.7 Å². The molecule has 1 atom stereocenters. The molecule has 1 amide bonds. The van der Waals surface area contributed by atoms with Crippen LogP contribution in [0.25, 0.3) is 0 Å². The highest BCUT2D eigenvalue weighted by Gasteiger charge is 2.29. The lowest BCUT2D eigenvalue weighted by Crippen LogP contribution is -2.35. The van der Waals surface area contributed by atoms with Gasteiger partial charge in [-0.1, -0.05) is 0 Å². The molecule has 0 N–H and O–H groups in total. The molecule has 16 heavy (non-hydrogen) atoms. The van der Waals surface area contributed by atoms with Crippen molar-refractivity contribution in [2.75, 3.05) is 12.4 Å². The minimum absolute atomic E-state index is 0.0818. The first-order chi connectivity index (χ1) is 7.83. The lowest BCUT2D eigenvalue weighted by atomic mass is 10.1. The third kappa shape index (κ3) is 2.55. The molecule has 3 nitrogen and oxygen atoms in total. The number of rotatable bonds is 4. The molecule has 0 bridgehead atoms. The summed E-state index contributed by atoms with van der Waals surface area (Å²) in [6, 6.07) is 0.368. The first-order valence-corrected chi connectivity index (χ1v) is 7.06. The zero-order valence-electron chi connectivity index (χ0n) is 9.06. The normalized spacial score (nSPS) is 20.3. The summed E-state index contributed by atoms with van der Waals surface area (Å²) in [5.74, 6) is 0.758. The molecule has 1 unspecified atom stereocenters. The third-order valence-corrected chi connectivity index (χ3v) is 3.81. The van der Waals surface area contributed by atoms with Gasteiger partial charge in [-0.2, -0.15) is 0 Å². The highest BCUT2D eigenvalue weighted by Crippen LogP contribution is 2.23. The quantitative estimate of drug-likeness (QED) is 0.778. The lowest BCUT2D eigenvalue weighted by molar-refractivity contribution is 0.0725. The van der Waals surface area contributed by atoms with Gasteiger partial charge in [-0.15, -0.1) is 22.9 Å². The molecular weight excluding hydrogens is 244 g/mol. The number of likely N-dealkylation sites (tertiary alicyclic amines) is 1. The minimum atomic E-state index is 0.0818. The molecule has 0 radical (unpaired) electrons. The molecule has 5 heteroatoms. The maximum atomic E-state index is 12.1. The number of carbonyl (C=O) groups excluding carboxylic acids is 1. The molecule has 1 aliphatic heterocycles. The van der Waals surface area contributed by atoms with Crippen molar-refractivity contribution < 1.29 is 4.79 Å². The fourth-order valence-electron chi connectivity index (χ4n) is 2.18. The fraction of sp³-hybridized carbons (Fsp3) is 0.636. The Bertz CT molecular complexity index is 342. The van der Waals surface area contributed by atoms with E-state index >= 15 is 0 Å². The molecule has 0 spiro atoms. The highest BCUT2D eigenvalue weighted by atomic mass is 35.5. The van der Waals surface area contributed by atoms with E-state index in [9.17, 15) is 4.79 Å². The number of alkyl halides is 1. The van der Waals surface area contributed by atoms with Crippen molar-refractivity contribution in [1.82, 2.24) is 9.88 Å². The number of amides is 1. The minimum Gasteiger partial charge on any atom is -0.334 e. The Balaban J connectivity index is 1.99. The van der Waals surface area contributed by atoms with Crippen LogP contribution < -0.4 is 0 Å². The van der Waals surface area contributed by atoms with Crippen LogP contribution in [0.15, 0.2) is 10.9 Å². The number of aromatic nitrogens is 1. The number of thiazole rings is 1. The van der Waals surface area contributed by atoms with Crippen LogP contribution in [-0.2, 0) is 0 Å². The average molecular weight is 259 g/mol. The zero-order chi connectivity index (χ0) is 11.4. The molecule has 0 aliphatic carbocycles. The molecule has 0 aromatic carbocycles. The van der Waals surface area contributed by atoms with Crippen LogP contribution in [0.3, 0.4) is 0 Å². The lowest BCUT2D eigenvalue weighted by Gasteiger charge is -2.23. The van der Waals surface area contributed by atoms with E-state index in [1.54, 1.807) is 5.51 Å². The number of hydrogen-bond donors (Lipinski definition) is 0. The second-order valence-electron chi connectivity index (χ2n) is 4.00. The van der Waals surface area contributed by atoms with Gasteiger partial charge in [0.25, 0.3) is 5.91 Å². The molecule has 1 aromatic heterocycles. The van der Waals surface area contributed by atoms with Crippen molar-refractivity contribution in [2.24, 2.45) is 0 Å². The standard InChI is InChI=1S/C11H15ClN2OS/c12-5-1-3-9-4-2-6-14(9)11(15)10-7-16-8-13-10/h7-9H,1-6H2. The number of carbonyl (C=O) groups is 1. The van der Waals surface area contributed by atoms with Crippen LogP contribution in [0.5, 0.6) is 0 Å². The third-order valence-electron chi connectivity index (χ3n) is 2.96. The van der Waals surface area contributed by atoms with E-state index in [2.05, 4.69) is 4.98 Å². The summed E-state index contributed by atoms with van der Waals surface area (Å²) in [4.78, 5) is 18.2. The second kappa shape index (κ2) is 5.64. The van der Waals surface area contributed by atoms with Crippen molar-refractivity contribution in [2.45, 2.75) is 31.7 Å². The van der Waals surface area contributed by atoms with Crippen LogP contribution in [0.4, 0.5) is 0 Å². The monoisotopic (exact) mass is 258 g/mol. The van der Waals surface area contributed by atoms with E-state index < -0.39 is 0 Å². The van der Waals surface area contributed by atoms with Gasteiger partial charge in [-0.3, -0.25) is 4.79 Å². The smallest absolute Gasteiger partial charge is 0.273 e. The Hall–Kier alpha value is -0.610. The van der Waals surface area contributed by atoms with Crippen LogP contribution in [0.2, 0.25) is 0 Å². The van der Waals surface area contributed by atoms with E-state index in [1.165, 1.54) is 11.3 Å². The second-order valence-corrected chi connectivity index (χ2v) is 5.10. The number of halogens is 1. The van der Waals surface area contributed by atoms with Crippen molar-refractivity contribution in [3.63, 3.8) is 0 Å². The summed E-state index contributed by atoms with van der Waals surface area (Å²) in [7, 11) is 0. The maximum Gasteiger partial charge on any atom is 0.273 e. The summed E-state index contributed by atoms with van der Waals surface area (Å²) in [6.07, 6.45) is 4.20. The van der Waals surface area contributed by atoms with Gasteiger partial charge in [0, 0.05) is 23.8 Å². The summed E-state index contributed by atoms with van der Waals surface area (Å²) >= 11 is 7.16. The fourth-order valence-corrected chi connectivity index (χ4v) is 2.86. The molecule has 1 aliphatic rings. The average Bonchev–Trinajstić information content (AvgIpc) is 2.96. The van der Waals surface area contributed by atoms with Gasteiger partial charge in [0.05, 0.1) is 5.51 Å². The van der Waals surface area contributed by atoms with Crippen molar-refractivity contribution in [1.29, 1.82) is 0 Å². The molecular formula is C11H15ClN2OS. The van der Waals surface area contributed by atoms with Crippen LogP contribution in [-0.4, -0.2) is 34.3 Å². The molecule has 1 saturated heterocycles. The first kappa shape index (κ1) is 11.9. The summed E-state index contributed by atoms with van der Waals surface area (Å²) in [5.41, 5.74) is 2.29. The van der Waals surface area contributed by atoms with Crippen LogP contribution in [0, 0.1) is 0 Å². The zero-order valence-corrected chi connectivity index (χ0v) is 10.6. The van der Waals surface area contributed by atoms with Gasteiger partial charge in [0.2, 0.25) is 0 Å². The SMILES string of the molecule is O=C(c1cscn1)N1CCCC1CCCCl. The van der Waals surface area contributed by atoms with Gasteiger partial charge < -0.3 is 4.90 Å². The van der Waals surface area contributed by atoms with Crippen LogP contribution in [0.1, 0.15) is 36.2 Å². The van der Waals surface area contributed by atoms with Crippen molar-refractivity contribution >= 4 is 28.8 Å². The Morgan fingerprint density at radius 3 is 3.25 bits per heavy atom. The van der Waals surface area contributed by atoms with E-state index in [-0.39, 0.29) is 5.91 Å². The summed E-state index contributed by atoms with van der Waals surface area (Å²) in [6.45, 7) is 0.864. The Labute approximate surface area is 104 Å². The summed E-state index contributed by atoms with van der Waals surface area (Å²) < 4.78 is 0. The van der Waals surface area contributed by atoms with Gasteiger partial charge in [-0.25, -0.2) is 4.98 Å². The maximum absolute atomic E-state index is 12.1. The van der Waals surface area contributed by atoms with Gasteiger partial charge in [0.15, 0.2) is 0 Å². The van der Waals surface area contributed by atoms with E-state index in [0.717, 1.165) is 32.2 Å². The van der Waals surface area contributed by atoms with E-state index in [4.69, 9.17) is 11.6 Å². The van der Waals surface area contributed by atoms with Crippen LogP contribution >= 0.6 is 22.9 Å². The largest absolute Gasteiger partial charge is 0.334 e. The Morgan fingerprint density at radius 2 is 2.56 bits per heavy atom. The van der Waals surface area contributed by atoms with Crippen molar-refractivity contribution in [3.05, 3.63) is 16.6 Å². The molecule has 2 heterocycles.